The molecule has 0 atom stereocenters. The first-order valence-corrected chi connectivity index (χ1v) is 6.83. The minimum absolute atomic E-state index is 0.717. The van der Waals surface area contributed by atoms with Gasteiger partial charge in [0.2, 0.25) is 0 Å². The molecule has 0 aliphatic rings. The minimum atomic E-state index is 0.717. The third-order valence-electron chi connectivity index (χ3n) is 1.30. The normalized spacial score (nSPS) is 10.2. The second-order valence-electron chi connectivity index (χ2n) is 2.25. The van der Waals surface area contributed by atoms with Gasteiger partial charge in [0.15, 0.2) is 5.82 Å². The van der Waals surface area contributed by atoms with Crippen LogP contribution in [0.25, 0.3) is 0 Å². The summed E-state index contributed by atoms with van der Waals surface area (Å²) in [5.41, 5.74) is 0. The summed E-state index contributed by atoms with van der Waals surface area (Å²) in [5.74, 6) is 0.799. The molecule has 1 aromatic heterocycles. The zero-order chi connectivity index (χ0) is 9.84. The van der Waals surface area contributed by atoms with Crippen LogP contribution in [0, 0.1) is 0 Å². The second-order valence-corrected chi connectivity index (χ2v) is 7.78. The Hall–Kier alpha value is 1.00. The predicted molar refractivity (Wildman–Crippen MR) is 76.3 cm³/mol. The van der Waals surface area contributed by atoms with Crippen molar-refractivity contribution < 1.29 is 0 Å². The molecule has 72 valence electrons. The van der Waals surface area contributed by atoms with Crippen LogP contribution in [0.1, 0.15) is 12.7 Å². The molecule has 0 aliphatic heterocycles. The number of tetrazole rings is 1. The molecule has 0 unspecified atom stereocenters. The first kappa shape index (κ1) is 12.1. The van der Waals surface area contributed by atoms with Gasteiger partial charge in [0.1, 0.15) is 0 Å². The van der Waals surface area contributed by atoms with E-state index in [-0.39, 0.29) is 0 Å². The fourth-order valence-corrected chi connectivity index (χ4v) is 1.32. The molecule has 0 saturated heterocycles. The number of allylic oxidation sites excluding steroid dienone is 1. The molecule has 0 fully saturated rings. The van der Waals surface area contributed by atoms with Crippen molar-refractivity contribution in [3.05, 3.63) is 11.0 Å². The van der Waals surface area contributed by atoms with Crippen molar-refractivity contribution in [1.29, 1.82) is 0 Å². The van der Waals surface area contributed by atoms with E-state index in [0.29, 0.717) is 0 Å². The van der Waals surface area contributed by atoms with E-state index in [2.05, 4.69) is 83.2 Å². The highest BCUT2D eigenvalue weighted by Gasteiger charge is 2.03. The van der Waals surface area contributed by atoms with E-state index in [4.69, 9.17) is 0 Å². The number of rotatable bonds is 3. The molecule has 0 bridgehead atoms. The lowest BCUT2D eigenvalue weighted by Gasteiger charge is -1.96. The summed E-state index contributed by atoms with van der Waals surface area (Å²) in [7, 11) is 0. The van der Waals surface area contributed by atoms with Crippen molar-refractivity contribution >= 4 is 67.8 Å². The summed E-state index contributed by atoms with van der Waals surface area (Å²) < 4.78 is 2.48. The van der Waals surface area contributed by atoms with Gasteiger partial charge >= 0.3 is 0 Å². The number of hydrogen-bond acceptors (Lipinski definition) is 3. The number of halogens is 3. The largest absolute Gasteiger partial charge is 0.174 e. The SMILES string of the molecule is CCc1nnn(CC(I)=C(I)I)n1. The second kappa shape index (κ2) is 5.78. The van der Waals surface area contributed by atoms with Gasteiger partial charge in [0, 0.05) is 10.0 Å². The fourth-order valence-electron chi connectivity index (χ4n) is 0.669. The van der Waals surface area contributed by atoms with Crippen LogP contribution in [0.2, 0.25) is 0 Å². The Morgan fingerprint density at radius 1 is 1.38 bits per heavy atom. The Labute approximate surface area is 117 Å². The van der Waals surface area contributed by atoms with E-state index in [1.165, 1.54) is 5.17 Å². The van der Waals surface area contributed by atoms with E-state index >= 15 is 0 Å². The quantitative estimate of drug-likeness (QED) is 0.582. The standard InChI is InChI=1S/C6H7I3N4/c1-2-5-10-12-13(11-5)3-4(7)6(8)9/h2-3H2,1H3. The third kappa shape index (κ3) is 3.93. The minimum Gasteiger partial charge on any atom is -0.159 e. The molecule has 1 heterocycles. The van der Waals surface area contributed by atoms with Gasteiger partial charge in [-0.15, -0.1) is 10.2 Å². The smallest absolute Gasteiger partial charge is 0.159 e. The summed E-state index contributed by atoms with van der Waals surface area (Å²) in [5, 5.41) is 12.0. The van der Waals surface area contributed by atoms with Crippen molar-refractivity contribution in [3.8, 4) is 0 Å². The van der Waals surface area contributed by atoms with Gasteiger partial charge in [-0.3, -0.25) is 0 Å². The molecule has 13 heavy (non-hydrogen) atoms. The molecule has 0 saturated carbocycles. The van der Waals surface area contributed by atoms with Crippen LogP contribution < -0.4 is 0 Å². The van der Waals surface area contributed by atoms with E-state index in [9.17, 15) is 0 Å². The molecule has 0 spiro atoms. The van der Waals surface area contributed by atoms with E-state index in [1.54, 1.807) is 4.80 Å². The maximum Gasteiger partial charge on any atom is 0.174 e. The lowest BCUT2D eigenvalue weighted by molar-refractivity contribution is 0.579. The molecule has 1 rings (SSSR count). The monoisotopic (exact) mass is 516 g/mol. The van der Waals surface area contributed by atoms with Gasteiger partial charge in [0.25, 0.3) is 0 Å². The number of aromatic nitrogens is 4. The predicted octanol–water partition coefficient (Wildman–Crippen LogP) is 2.71. The number of aryl methyl sites for hydroxylation is 1. The zero-order valence-electron chi connectivity index (χ0n) is 6.84. The fraction of sp³-hybridized carbons (Fsp3) is 0.500. The Bertz CT molecular complexity index is 315. The van der Waals surface area contributed by atoms with Crippen LogP contribution >= 0.6 is 67.8 Å². The van der Waals surface area contributed by atoms with Gasteiger partial charge in [-0.05, 0) is 73.0 Å². The number of hydrogen-bond donors (Lipinski definition) is 0. The zero-order valence-corrected chi connectivity index (χ0v) is 13.3. The average Bonchev–Trinajstić information content (AvgIpc) is 2.52. The summed E-state index contributed by atoms with van der Waals surface area (Å²) in [6.45, 7) is 2.74. The van der Waals surface area contributed by atoms with Crippen LogP contribution in [0.4, 0.5) is 0 Å². The molecule has 4 nitrogen and oxygen atoms in total. The van der Waals surface area contributed by atoms with E-state index in [0.717, 1.165) is 18.8 Å². The highest BCUT2D eigenvalue weighted by atomic mass is 127. The van der Waals surface area contributed by atoms with Gasteiger partial charge in [-0.1, -0.05) is 6.92 Å². The molecule has 0 aromatic carbocycles. The Morgan fingerprint density at radius 3 is 2.54 bits per heavy atom. The van der Waals surface area contributed by atoms with Gasteiger partial charge in [-0.25, -0.2) is 0 Å². The lowest BCUT2D eigenvalue weighted by atomic mass is 10.5. The molecule has 0 aliphatic carbocycles. The number of nitrogens with zero attached hydrogens (tertiary/aromatic N) is 4. The Morgan fingerprint density at radius 2 is 2.08 bits per heavy atom. The van der Waals surface area contributed by atoms with Crippen LogP contribution in [0.15, 0.2) is 5.17 Å². The summed E-state index contributed by atoms with van der Waals surface area (Å²) in [4.78, 5) is 1.62. The molecule has 0 radical (unpaired) electrons. The van der Waals surface area contributed by atoms with Crippen LogP contribution in [0.3, 0.4) is 0 Å². The van der Waals surface area contributed by atoms with Crippen molar-refractivity contribution in [2.75, 3.05) is 0 Å². The van der Waals surface area contributed by atoms with Crippen LogP contribution in [-0.4, -0.2) is 20.2 Å². The average molecular weight is 516 g/mol. The first-order valence-electron chi connectivity index (χ1n) is 3.59. The molecule has 7 heteroatoms. The Balaban J connectivity index is 2.70. The maximum absolute atomic E-state index is 4.20. The lowest BCUT2D eigenvalue weighted by Crippen LogP contribution is -2.02. The van der Waals surface area contributed by atoms with Gasteiger partial charge in [0.05, 0.1) is 8.13 Å². The molecular weight excluding hydrogens is 509 g/mol. The van der Waals surface area contributed by atoms with Gasteiger partial charge < -0.3 is 0 Å². The maximum atomic E-state index is 4.20. The first-order chi connectivity index (χ1) is 6.13. The van der Waals surface area contributed by atoms with Crippen molar-refractivity contribution in [2.45, 2.75) is 19.9 Å². The molecule has 1 aromatic rings. The molecule has 0 amide bonds. The molecular formula is C6H7I3N4. The highest BCUT2D eigenvalue weighted by Crippen LogP contribution is 2.25. The van der Waals surface area contributed by atoms with Crippen LogP contribution in [-0.2, 0) is 13.0 Å². The van der Waals surface area contributed by atoms with Crippen molar-refractivity contribution in [2.24, 2.45) is 0 Å². The van der Waals surface area contributed by atoms with E-state index in [1.807, 2.05) is 6.92 Å². The summed E-state index contributed by atoms with van der Waals surface area (Å²) in [6.07, 6.45) is 0.835. The topological polar surface area (TPSA) is 43.6 Å². The third-order valence-corrected chi connectivity index (χ3v) is 5.54. The molecule has 0 N–H and O–H groups in total. The van der Waals surface area contributed by atoms with Crippen LogP contribution in [0.5, 0.6) is 0 Å². The van der Waals surface area contributed by atoms with Crippen molar-refractivity contribution in [1.82, 2.24) is 20.2 Å². The van der Waals surface area contributed by atoms with Crippen molar-refractivity contribution in [3.63, 3.8) is 0 Å². The van der Waals surface area contributed by atoms with E-state index < -0.39 is 0 Å². The summed E-state index contributed by atoms with van der Waals surface area (Å²) in [6, 6.07) is 0. The van der Waals surface area contributed by atoms with Gasteiger partial charge in [-0.2, -0.15) is 4.80 Å². The summed E-state index contributed by atoms with van der Waals surface area (Å²) >= 11 is 6.85. The highest BCUT2D eigenvalue weighted by molar-refractivity contribution is 14.2. The Kier molecular flexibility index (Phi) is 5.37.